The van der Waals surface area contributed by atoms with Crippen molar-refractivity contribution >= 4 is 17.9 Å². The average molecular weight is 658 g/mol. The van der Waals surface area contributed by atoms with Gasteiger partial charge in [-0.05, 0) is 84.9 Å². The number of rotatable bonds is 7. The first-order valence-electron chi connectivity index (χ1n) is 18.2. The Kier molecular flexibility index (Phi) is 8.78. The summed E-state index contributed by atoms with van der Waals surface area (Å²) in [7, 11) is 0. The quantitative estimate of drug-likeness (QED) is 0.271. The Balaban J connectivity index is 1.37. The molecule has 0 aromatic carbocycles. The fraction of sp³-hybridized carbons (Fsp3) is 0.868. The number of fused-ring (bicyclic) bond motifs is 3. The number of carbonyl (C=O) groups is 3. The van der Waals surface area contributed by atoms with Gasteiger partial charge in [-0.3, -0.25) is 19.3 Å². The first kappa shape index (κ1) is 34.9. The molecule has 0 aromatic rings. The summed E-state index contributed by atoms with van der Waals surface area (Å²) in [4.78, 5) is 41.2. The highest BCUT2D eigenvalue weighted by Gasteiger charge is 2.72. The molecule has 2 N–H and O–H groups in total. The van der Waals surface area contributed by atoms with Gasteiger partial charge in [0.2, 0.25) is 0 Å². The lowest BCUT2D eigenvalue weighted by Crippen LogP contribution is -2.70. The normalized spacial score (nSPS) is 46.8. The summed E-state index contributed by atoms with van der Waals surface area (Å²) in [5.41, 5.74) is -0.533. The number of likely N-dealkylation sites (tertiary alicyclic amines) is 1. The van der Waals surface area contributed by atoms with E-state index < -0.39 is 47.0 Å². The van der Waals surface area contributed by atoms with E-state index in [1.165, 1.54) is 12.5 Å². The molecule has 6 aliphatic rings. The molecule has 47 heavy (non-hydrogen) atoms. The number of allylic oxidation sites excluding steroid dienone is 1. The van der Waals surface area contributed by atoms with Crippen molar-refractivity contribution in [3.05, 3.63) is 11.6 Å². The molecule has 1 unspecified atom stereocenters. The number of aliphatic hydroxyl groups is 1. The standard InChI is InChI=1S/C38H59NO8/c1-22(2)23(3)34(5)14-15-36(7)26-9-10-29-35(6)20-45-21-38(29,27(26)11-13-37(36,8)31(34)33(43)44)17-28(46-24(4)40)32(35)47-30(42)19-39-16-12-25(41)18-39/h11,22-23,25-26,28-29,31-32,41H,9-10,12-21H2,1-8H3,(H,43,44)/t23-,25?,26+,28-,29+,31-,32+,34-,35+,36-,37+,38-/m1/s1. The van der Waals surface area contributed by atoms with Crippen molar-refractivity contribution in [1.82, 2.24) is 4.90 Å². The first-order valence-corrected chi connectivity index (χ1v) is 18.2. The minimum absolute atomic E-state index is 0.0936. The van der Waals surface area contributed by atoms with Gasteiger partial charge in [-0.2, -0.15) is 0 Å². The van der Waals surface area contributed by atoms with Gasteiger partial charge in [0, 0.05) is 30.8 Å². The highest BCUT2D eigenvalue weighted by Crippen LogP contribution is 2.75. The molecule has 0 spiro atoms. The lowest BCUT2D eigenvalue weighted by molar-refractivity contribution is -0.263. The number of carboxylic acids is 1. The molecule has 4 aliphatic carbocycles. The van der Waals surface area contributed by atoms with Gasteiger partial charge < -0.3 is 24.4 Å². The smallest absolute Gasteiger partial charge is 0.320 e. The summed E-state index contributed by atoms with van der Waals surface area (Å²) in [5.74, 6) is -0.870. The van der Waals surface area contributed by atoms with Crippen LogP contribution in [-0.2, 0) is 28.6 Å². The molecule has 3 saturated carbocycles. The zero-order valence-corrected chi connectivity index (χ0v) is 30.0. The van der Waals surface area contributed by atoms with Gasteiger partial charge >= 0.3 is 17.9 Å². The maximum atomic E-state index is 13.4. The van der Waals surface area contributed by atoms with Crippen LogP contribution in [0.5, 0.6) is 0 Å². The van der Waals surface area contributed by atoms with Crippen molar-refractivity contribution in [2.75, 3.05) is 32.8 Å². The zero-order chi connectivity index (χ0) is 34.3. The van der Waals surface area contributed by atoms with Crippen molar-refractivity contribution in [3.63, 3.8) is 0 Å². The predicted octanol–water partition coefficient (Wildman–Crippen LogP) is 5.49. The average Bonchev–Trinajstić information content (AvgIpc) is 3.38. The van der Waals surface area contributed by atoms with Gasteiger partial charge in [0.15, 0.2) is 0 Å². The third-order valence-corrected chi connectivity index (χ3v) is 15.2. The molecule has 0 radical (unpaired) electrons. The molecule has 2 aliphatic heterocycles. The molecule has 2 bridgehead atoms. The SMILES string of the molecule is CC(=O)O[C@@H]1C[C@]23COC[C@@](C)([C@@H]2CC[C@H]2C3=CC[C@@]3(C)[C@H](C(=O)O)[C@@](C)([C@H](C)C(C)C)CC[C@]23C)[C@H]1OC(=O)CN1CCC(O)C1. The Bertz CT molecular complexity index is 1310. The lowest BCUT2D eigenvalue weighted by atomic mass is 9.34. The lowest BCUT2D eigenvalue weighted by Gasteiger charge is -2.71. The Hall–Kier alpha value is -1.97. The van der Waals surface area contributed by atoms with Gasteiger partial charge in [-0.1, -0.05) is 60.1 Å². The second-order valence-corrected chi connectivity index (χ2v) is 17.8. The summed E-state index contributed by atoms with van der Waals surface area (Å²) in [6.45, 7) is 19.2. The molecular formula is C38H59NO8. The molecule has 9 nitrogen and oxygen atoms in total. The van der Waals surface area contributed by atoms with Crippen LogP contribution in [0.1, 0.15) is 100 Å². The molecule has 5 fully saturated rings. The van der Waals surface area contributed by atoms with Gasteiger partial charge in [0.05, 0.1) is 31.8 Å². The molecule has 0 aromatic heterocycles. The number of esters is 2. The van der Waals surface area contributed by atoms with E-state index >= 15 is 0 Å². The summed E-state index contributed by atoms with van der Waals surface area (Å²) < 4.78 is 18.9. The van der Waals surface area contributed by atoms with Gasteiger partial charge in [-0.15, -0.1) is 0 Å². The summed E-state index contributed by atoms with van der Waals surface area (Å²) in [6, 6.07) is 0. The van der Waals surface area contributed by atoms with Crippen molar-refractivity contribution in [1.29, 1.82) is 0 Å². The Labute approximate surface area is 281 Å². The van der Waals surface area contributed by atoms with Crippen LogP contribution in [0.15, 0.2) is 11.6 Å². The summed E-state index contributed by atoms with van der Waals surface area (Å²) in [5, 5.41) is 20.9. The molecule has 12 atom stereocenters. The molecule has 0 amide bonds. The van der Waals surface area contributed by atoms with Gasteiger partial charge in [0.1, 0.15) is 12.2 Å². The van der Waals surface area contributed by atoms with E-state index in [9.17, 15) is 24.6 Å². The van der Waals surface area contributed by atoms with Crippen LogP contribution in [-0.4, -0.2) is 84.2 Å². The highest BCUT2D eigenvalue weighted by atomic mass is 16.6. The van der Waals surface area contributed by atoms with E-state index in [0.717, 1.165) is 25.7 Å². The van der Waals surface area contributed by atoms with Crippen LogP contribution in [0.4, 0.5) is 0 Å². The first-order chi connectivity index (χ1) is 21.9. The number of β-amino-alcohol motifs (C(OH)–C–C–N with tert-alkyl or cyclic N) is 1. The minimum Gasteiger partial charge on any atom is -0.481 e. The Morgan fingerprint density at radius 2 is 1.74 bits per heavy atom. The molecule has 264 valence electrons. The third-order valence-electron chi connectivity index (χ3n) is 15.2. The molecular weight excluding hydrogens is 598 g/mol. The number of aliphatic hydroxyl groups excluding tert-OH is 1. The van der Waals surface area contributed by atoms with Crippen LogP contribution in [0, 0.1) is 56.7 Å². The molecule has 6 rings (SSSR count). The van der Waals surface area contributed by atoms with E-state index in [-0.39, 0.29) is 46.5 Å². The zero-order valence-electron chi connectivity index (χ0n) is 30.0. The van der Waals surface area contributed by atoms with Crippen LogP contribution in [0.3, 0.4) is 0 Å². The van der Waals surface area contributed by atoms with E-state index in [1.807, 2.05) is 4.90 Å². The Morgan fingerprint density at radius 1 is 1.02 bits per heavy atom. The van der Waals surface area contributed by atoms with Crippen molar-refractivity contribution < 1.29 is 38.8 Å². The topological polar surface area (TPSA) is 123 Å². The number of carbonyl (C=O) groups excluding carboxylic acids is 2. The number of hydrogen-bond donors (Lipinski definition) is 2. The summed E-state index contributed by atoms with van der Waals surface area (Å²) >= 11 is 0. The van der Waals surface area contributed by atoms with E-state index in [1.54, 1.807) is 0 Å². The van der Waals surface area contributed by atoms with Crippen molar-refractivity contribution in [2.24, 2.45) is 56.7 Å². The molecule has 2 heterocycles. The molecule has 2 saturated heterocycles. The van der Waals surface area contributed by atoms with Crippen LogP contribution < -0.4 is 0 Å². The second-order valence-electron chi connectivity index (χ2n) is 17.8. The van der Waals surface area contributed by atoms with Crippen molar-refractivity contribution in [2.45, 2.75) is 119 Å². The number of aliphatic carboxylic acids is 1. The Morgan fingerprint density at radius 3 is 2.36 bits per heavy atom. The van der Waals surface area contributed by atoms with E-state index in [0.29, 0.717) is 51.5 Å². The largest absolute Gasteiger partial charge is 0.481 e. The monoisotopic (exact) mass is 657 g/mol. The summed E-state index contributed by atoms with van der Waals surface area (Å²) in [6.07, 6.45) is 6.27. The van der Waals surface area contributed by atoms with Crippen LogP contribution >= 0.6 is 0 Å². The maximum Gasteiger partial charge on any atom is 0.320 e. The molecule has 9 heteroatoms. The highest BCUT2D eigenvalue weighted by molar-refractivity contribution is 5.73. The second kappa shape index (κ2) is 11.8. The third kappa shape index (κ3) is 5.14. The minimum atomic E-state index is -0.675. The number of ether oxygens (including phenoxy) is 3. The van der Waals surface area contributed by atoms with E-state index in [2.05, 4.69) is 54.5 Å². The fourth-order valence-electron chi connectivity index (χ4n) is 12.4. The van der Waals surface area contributed by atoms with E-state index in [4.69, 9.17) is 14.2 Å². The van der Waals surface area contributed by atoms with Crippen LogP contribution in [0.25, 0.3) is 0 Å². The number of hydrogen-bond acceptors (Lipinski definition) is 8. The maximum absolute atomic E-state index is 13.4. The number of nitrogens with zero attached hydrogens (tertiary/aromatic N) is 1. The fourth-order valence-corrected chi connectivity index (χ4v) is 12.4. The van der Waals surface area contributed by atoms with Crippen molar-refractivity contribution in [3.8, 4) is 0 Å². The van der Waals surface area contributed by atoms with Gasteiger partial charge in [0.25, 0.3) is 0 Å². The predicted molar refractivity (Wildman–Crippen MR) is 176 cm³/mol. The number of carboxylic acid groups (broad SMARTS) is 1. The van der Waals surface area contributed by atoms with Gasteiger partial charge in [-0.25, -0.2) is 0 Å². The van der Waals surface area contributed by atoms with Crippen LogP contribution in [0.2, 0.25) is 0 Å².